The number of aliphatic imine (C=N–C) groups is 1. The van der Waals surface area contributed by atoms with Crippen LogP contribution in [0.4, 0.5) is 22.0 Å². The third-order valence-corrected chi connectivity index (χ3v) is 4.06. The molecule has 0 aliphatic carbocycles. The predicted molar refractivity (Wildman–Crippen MR) is 106 cm³/mol. The molecule has 0 aromatic heterocycles. The number of nitrogens with two attached hydrogens (primary N) is 1. The molecule has 0 aliphatic rings. The second-order valence-corrected chi connectivity index (χ2v) is 6.07. The molecule has 0 unspecified atom stereocenters. The van der Waals surface area contributed by atoms with Gasteiger partial charge in [-0.1, -0.05) is 30.8 Å². The van der Waals surface area contributed by atoms with Crippen molar-refractivity contribution in [2.45, 2.75) is 19.3 Å². The molecule has 0 aliphatic heterocycles. The molecule has 158 valence electrons. The van der Waals surface area contributed by atoms with Gasteiger partial charge in [-0.3, -0.25) is 4.79 Å². The summed E-state index contributed by atoms with van der Waals surface area (Å²) in [4.78, 5) is 14.4. The zero-order valence-electron chi connectivity index (χ0n) is 15.6. The van der Waals surface area contributed by atoms with E-state index in [2.05, 4.69) is 16.9 Å². The highest BCUT2D eigenvalue weighted by atomic mass is 19.4. The van der Waals surface area contributed by atoms with Crippen LogP contribution in [0.25, 0.3) is 16.8 Å². The Bertz CT molecular complexity index is 964. The molecule has 0 saturated carbocycles. The second kappa shape index (κ2) is 9.82. The lowest BCUT2D eigenvalue weighted by atomic mass is 9.96. The summed E-state index contributed by atoms with van der Waals surface area (Å²) in [5, 5.41) is 2.58. The van der Waals surface area contributed by atoms with Crippen molar-refractivity contribution >= 4 is 17.8 Å². The summed E-state index contributed by atoms with van der Waals surface area (Å²) in [5.41, 5.74) is 7.35. The summed E-state index contributed by atoms with van der Waals surface area (Å²) in [5.74, 6) is -0.422. The van der Waals surface area contributed by atoms with Gasteiger partial charge in [-0.05, 0) is 47.0 Å². The Morgan fingerprint density at radius 3 is 2.33 bits per heavy atom. The number of hydrogen-bond donors (Lipinski definition) is 2. The third-order valence-electron chi connectivity index (χ3n) is 4.06. The van der Waals surface area contributed by atoms with Crippen molar-refractivity contribution in [2.24, 2.45) is 10.7 Å². The van der Waals surface area contributed by atoms with Crippen molar-refractivity contribution in [1.29, 1.82) is 0 Å². The lowest BCUT2D eigenvalue weighted by molar-refractivity contribution is -0.137. The standard InChI is InChI=1S/C21H18F5N3O/c1-2-19(30)29-12-15-4-3-14(11-17(15)18(27)9-10-28-20(22)23)13-5-7-16(8-6-13)21(24,25)26/h2-11,20H,1,12,27H2,(H,29,30)/b18-9-,28-10+. The Labute approximate surface area is 169 Å². The van der Waals surface area contributed by atoms with Crippen LogP contribution in [-0.4, -0.2) is 18.7 Å². The first kappa shape index (κ1) is 22.8. The number of hydrogen-bond acceptors (Lipinski definition) is 3. The molecule has 9 heteroatoms. The van der Waals surface area contributed by atoms with Gasteiger partial charge in [0.1, 0.15) is 0 Å². The number of carbonyl (C=O) groups excluding carboxylic acids is 1. The average molecular weight is 423 g/mol. The van der Waals surface area contributed by atoms with Crippen LogP contribution in [0.3, 0.4) is 0 Å². The van der Waals surface area contributed by atoms with Crippen LogP contribution in [0.2, 0.25) is 0 Å². The molecule has 2 aromatic rings. The second-order valence-electron chi connectivity index (χ2n) is 6.07. The Balaban J connectivity index is 2.44. The van der Waals surface area contributed by atoms with Crippen LogP contribution in [0, 0.1) is 0 Å². The number of allylic oxidation sites excluding steroid dienone is 1. The normalized spacial score (nSPS) is 12.4. The first-order valence-electron chi connectivity index (χ1n) is 8.60. The molecule has 4 nitrogen and oxygen atoms in total. The number of carbonyl (C=O) groups is 1. The van der Waals surface area contributed by atoms with E-state index in [4.69, 9.17) is 5.73 Å². The third kappa shape index (κ3) is 6.26. The van der Waals surface area contributed by atoms with E-state index in [1.54, 1.807) is 18.2 Å². The van der Waals surface area contributed by atoms with Crippen molar-refractivity contribution < 1.29 is 26.7 Å². The van der Waals surface area contributed by atoms with E-state index in [-0.39, 0.29) is 12.2 Å². The van der Waals surface area contributed by atoms with Gasteiger partial charge >= 0.3 is 12.7 Å². The number of nitrogens with one attached hydrogen (secondary N) is 1. The summed E-state index contributed by atoms with van der Waals surface area (Å²) < 4.78 is 62.7. The maximum atomic E-state index is 12.8. The maximum Gasteiger partial charge on any atom is 0.416 e. The smallest absolute Gasteiger partial charge is 0.398 e. The molecule has 0 heterocycles. The predicted octanol–water partition coefficient (Wildman–Crippen LogP) is 4.77. The fourth-order valence-electron chi connectivity index (χ4n) is 2.56. The van der Waals surface area contributed by atoms with Crippen molar-refractivity contribution in [3.05, 3.63) is 77.9 Å². The molecular weight excluding hydrogens is 405 g/mol. The summed E-state index contributed by atoms with van der Waals surface area (Å²) in [6.07, 6.45) is -1.33. The summed E-state index contributed by atoms with van der Waals surface area (Å²) >= 11 is 0. The van der Waals surface area contributed by atoms with Crippen molar-refractivity contribution in [1.82, 2.24) is 5.32 Å². The van der Waals surface area contributed by atoms with Crippen LogP contribution in [-0.2, 0) is 17.5 Å². The van der Waals surface area contributed by atoms with E-state index in [0.29, 0.717) is 22.3 Å². The van der Waals surface area contributed by atoms with E-state index in [1.807, 2.05) is 0 Å². The van der Waals surface area contributed by atoms with Gasteiger partial charge in [0.25, 0.3) is 0 Å². The van der Waals surface area contributed by atoms with E-state index < -0.39 is 24.2 Å². The Morgan fingerprint density at radius 2 is 1.77 bits per heavy atom. The molecule has 0 atom stereocenters. The van der Waals surface area contributed by atoms with Gasteiger partial charge in [0.2, 0.25) is 5.91 Å². The molecular formula is C21H18F5N3O. The SMILES string of the molecule is C=CC(=O)NCc1ccc(-c2ccc(C(F)(F)F)cc2)cc1/C(N)=C/C=N/C(F)F. The Kier molecular flexibility index (Phi) is 7.46. The highest BCUT2D eigenvalue weighted by molar-refractivity contribution is 5.87. The van der Waals surface area contributed by atoms with Gasteiger partial charge in [0.05, 0.1) is 5.56 Å². The van der Waals surface area contributed by atoms with Crippen molar-refractivity contribution in [3.8, 4) is 11.1 Å². The van der Waals surface area contributed by atoms with Crippen LogP contribution >= 0.6 is 0 Å². The monoisotopic (exact) mass is 423 g/mol. The molecule has 1 amide bonds. The fourth-order valence-corrected chi connectivity index (χ4v) is 2.56. The number of alkyl halides is 5. The minimum Gasteiger partial charge on any atom is -0.398 e. The summed E-state index contributed by atoms with van der Waals surface area (Å²) in [6.45, 7) is 0.536. The van der Waals surface area contributed by atoms with E-state index in [9.17, 15) is 26.7 Å². The lowest BCUT2D eigenvalue weighted by Crippen LogP contribution is -2.21. The Hall–Kier alpha value is -3.49. The van der Waals surface area contributed by atoms with Crippen LogP contribution in [0.15, 0.2) is 66.2 Å². The van der Waals surface area contributed by atoms with Gasteiger partial charge in [-0.15, -0.1) is 0 Å². The van der Waals surface area contributed by atoms with Crippen molar-refractivity contribution in [3.63, 3.8) is 0 Å². The van der Waals surface area contributed by atoms with E-state index >= 15 is 0 Å². The first-order chi connectivity index (χ1) is 14.1. The zero-order valence-corrected chi connectivity index (χ0v) is 15.6. The molecule has 2 rings (SSSR count). The van der Waals surface area contributed by atoms with Gasteiger partial charge in [-0.2, -0.15) is 22.0 Å². The average Bonchev–Trinajstić information content (AvgIpc) is 2.71. The minimum atomic E-state index is -4.45. The largest absolute Gasteiger partial charge is 0.416 e. The minimum absolute atomic E-state index is 0.0774. The topological polar surface area (TPSA) is 67.5 Å². The molecule has 0 spiro atoms. The summed E-state index contributed by atoms with van der Waals surface area (Å²) in [7, 11) is 0. The van der Waals surface area contributed by atoms with Gasteiger partial charge in [0.15, 0.2) is 0 Å². The lowest BCUT2D eigenvalue weighted by Gasteiger charge is -2.14. The number of amides is 1. The van der Waals surface area contributed by atoms with Gasteiger partial charge in [0, 0.05) is 24.0 Å². The molecule has 2 aromatic carbocycles. The highest BCUT2D eigenvalue weighted by Gasteiger charge is 2.30. The van der Waals surface area contributed by atoms with Gasteiger partial charge in [-0.25, -0.2) is 4.99 Å². The van der Waals surface area contributed by atoms with E-state index in [0.717, 1.165) is 24.4 Å². The quantitative estimate of drug-likeness (QED) is 0.292. The number of benzene rings is 2. The molecule has 30 heavy (non-hydrogen) atoms. The summed E-state index contributed by atoms with van der Waals surface area (Å²) in [6, 6.07) is 9.45. The van der Waals surface area contributed by atoms with Crippen LogP contribution < -0.4 is 11.1 Å². The molecule has 0 radical (unpaired) electrons. The first-order valence-corrected chi connectivity index (χ1v) is 8.60. The maximum absolute atomic E-state index is 12.8. The molecule has 0 fully saturated rings. The molecule has 0 bridgehead atoms. The molecule has 0 saturated heterocycles. The van der Waals surface area contributed by atoms with Crippen LogP contribution in [0.1, 0.15) is 16.7 Å². The highest BCUT2D eigenvalue weighted by Crippen LogP contribution is 2.32. The van der Waals surface area contributed by atoms with E-state index in [1.165, 1.54) is 18.2 Å². The van der Waals surface area contributed by atoms with Gasteiger partial charge < -0.3 is 11.1 Å². The zero-order chi connectivity index (χ0) is 22.3. The number of nitrogens with zero attached hydrogens (tertiary/aromatic N) is 1. The number of rotatable bonds is 7. The Morgan fingerprint density at radius 1 is 1.13 bits per heavy atom. The van der Waals surface area contributed by atoms with Crippen molar-refractivity contribution in [2.75, 3.05) is 0 Å². The fraction of sp³-hybridized carbons (Fsp3) is 0.143. The molecule has 3 N–H and O–H groups in total. The number of halogens is 5. The van der Waals surface area contributed by atoms with Crippen LogP contribution in [0.5, 0.6) is 0 Å².